The molecule has 0 bridgehead atoms. The van der Waals surface area contributed by atoms with Gasteiger partial charge in [-0.2, -0.15) is 0 Å². The lowest BCUT2D eigenvalue weighted by molar-refractivity contribution is 0.184. The second-order valence-corrected chi connectivity index (χ2v) is 3.58. The molecule has 0 aliphatic rings. The SMILES string of the molecule is COCCCCOc1ccc(C#CCN)cc1. The average molecular weight is 233 g/mol. The Labute approximate surface area is 103 Å². The molecule has 1 aromatic rings. The van der Waals surface area contributed by atoms with Crippen molar-refractivity contribution >= 4 is 0 Å². The Hall–Kier alpha value is -1.50. The van der Waals surface area contributed by atoms with Crippen LogP contribution in [-0.2, 0) is 4.74 Å². The summed E-state index contributed by atoms with van der Waals surface area (Å²) in [5.41, 5.74) is 6.26. The smallest absolute Gasteiger partial charge is 0.119 e. The van der Waals surface area contributed by atoms with Crippen LogP contribution in [0.4, 0.5) is 0 Å². The molecule has 0 radical (unpaired) electrons. The number of benzene rings is 1. The Balaban J connectivity index is 2.30. The molecule has 0 heterocycles. The summed E-state index contributed by atoms with van der Waals surface area (Å²) in [5.74, 6) is 6.66. The van der Waals surface area contributed by atoms with Crippen LogP contribution in [0.2, 0.25) is 0 Å². The van der Waals surface area contributed by atoms with Gasteiger partial charge in [0.1, 0.15) is 5.75 Å². The maximum atomic E-state index is 5.58. The molecular formula is C14H19NO2. The highest BCUT2D eigenvalue weighted by atomic mass is 16.5. The summed E-state index contributed by atoms with van der Waals surface area (Å²) in [6.45, 7) is 1.89. The summed E-state index contributed by atoms with van der Waals surface area (Å²) in [6.07, 6.45) is 2.03. The molecule has 0 aliphatic heterocycles. The molecule has 0 aliphatic carbocycles. The largest absolute Gasteiger partial charge is 0.494 e. The van der Waals surface area contributed by atoms with E-state index < -0.39 is 0 Å². The lowest BCUT2D eigenvalue weighted by Crippen LogP contribution is -1.99. The fourth-order valence-corrected chi connectivity index (χ4v) is 1.33. The molecule has 0 saturated carbocycles. The molecule has 2 N–H and O–H groups in total. The van der Waals surface area contributed by atoms with Gasteiger partial charge in [-0.15, -0.1) is 0 Å². The molecule has 0 atom stereocenters. The van der Waals surface area contributed by atoms with E-state index >= 15 is 0 Å². The van der Waals surface area contributed by atoms with Gasteiger partial charge >= 0.3 is 0 Å². The summed E-state index contributed by atoms with van der Waals surface area (Å²) in [7, 11) is 1.71. The first-order valence-corrected chi connectivity index (χ1v) is 5.77. The molecule has 0 unspecified atom stereocenters. The molecule has 0 amide bonds. The molecule has 92 valence electrons. The normalized spacial score (nSPS) is 9.53. The summed E-state index contributed by atoms with van der Waals surface area (Å²) >= 11 is 0. The van der Waals surface area contributed by atoms with E-state index in [0.29, 0.717) is 6.54 Å². The van der Waals surface area contributed by atoms with E-state index in [1.807, 2.05) is 24.3 Å². The van der Waals surface area contributed by atoms with E-state index in [4.69, 9.17) is 15.2 Å². The maximum absolute atomic E-state index is 5.58. The molecule has 0 saturated heterocycles. The van der Waals surface area contributed by atoms with Crippen LogP contribution < -0.4 is 10.5 Å². The van der Waals surface area contributed by atoms with Gasteiger partial charge < -0.3 is 15.2 Å². The molecule has 0 spiro atoms. The lowest BCUT2D eigenvalue weighted by atomic mass is 10.2. The summed E-state index contributed by atoms with van der Waals surface area (Å²) in [5, 5.41) is 0. The third-order valence-electron chi connectivity index (χ3n) is 2.20. The fourth-order valence-electron chi connectivity index (χ4n) is 1.33. The van der Waals surface area contributed by atoms with Gasteiger partial charge in [0, 0.05) is 19.3 Å². The molecular weight excluding hydrogens is 214 g/mol. The van der Waals surface area contributed by atoms with Crippen molar-refractivity contribution in [3.63, 3.8) is 0 Å². The van der Waals surface area contributed by atoms with Gasteiger partial charge in [-0.05, 0) is 37.1 Å². The molecule has 0 aromatic heterocycles. The van der Waals surface area contributed by atoms with Crippen LogP contribution in [0.15, 0.2) is 24.3 Å². The lowest BCUT2D eigenvalue weighted by Gasteiger charge is -2.05. The molecule has 3 nitrogen and oxygen atoms in total. The highest BCUT2D eigenvalue weighted by Crippen LogP contribution is 2.11. The van der Waals surface area contributed by atoms with Crippen molar-refractivity contribution < 1.29 is 9.47 Å². The molecule has 3 heteroatoms. The Bertz CT molecular complexity index is 362. The summed E-state index contributed by atoms with van der Waals surface area (Å²) in [4.78, 5) is 0. The monoisotopic (exact) mass is 233 g/mol. The zero-order valence-corrected chi connectivity index (χ0v) is 10.2. The Morgan fingerprint density at radius 2 is 1.82 bits per heavy atom. The third kappa shape index (κ3) is 5.96. The van der Waals surface area contributed by atoms with Crippen molar-refractivity contribution in [2.24, 2.45) is 5.73 Å². The quantitative estimate of drug-likeness (QED) is 0.602. The van der Waals surface area contributed by atoms with Gasteiger partial charge in [0.2, 0.25) is 0 Å². The standard InChI is InChI=1S/C14H19NO2/c1-16-11-2-3-12-17-14-8-6-13(7-9-14)5-4-10-15/h6-9H,2-3,10-12,15H2,1H3. The Morgan fingerprint density at radius 3 is 2.47 bits per heavy atom. The first kappa shape index (κ1) is 13.6. The van der Waals surface area contributed by atoms with Crippen LogP contribution in [0.25, 0.3) is 0 Å². The van der Waals surface area contributed by atoms with E-state index in [1.165, 1.54) is 0 Å². The van der Waals surface area contributed by atoms with Crippen LogP contribution in [-0.4, -0.2) is 26.9 Å². The van der Waals surface area contributed by atoms with Gasteiger partial charge in [-0.25, -0.2) is 0 Å². The van der Waals surface area contributed by atoms with Crippen molar-refractivity contribution in [3.05, 3.63) is 29.8 Å². The average Bonchev–Trinajstić information content (AvgIpc) is 2.37. The number of nitrogens with two attached hydrogens (primary N) is 1. The minimum Gasteiger partial charge on any atom is -0.494 e. The Kier molecular flexibility index (Phi) is 6.89. The van der Waals surface area contributed by atoms with Crippen LogP contribution in [0.5, 0.6) is 5.75 Å². The van der Waals surface area contributed by atoms with E-state index in [2.05, 4.69) is 11.8 Å². The van der Waals surface area contributed by atoms with E-state index in [-0.39, 0.29) is 0 Å². The predicted octanol–water partition coefficient (Wildman–Crippen LogP) is 1.80. The van der Waals surface area contributed by atoms with E-state index in [0.717, 1.165) is 37.4 Å². The third-order valence-corrected chi connectivity index (χ3v) is 2.20. The molecule has 1 aromatic carbocycles. The van der Waals surface area contributed by atoms with Crippen molar-refractivity contribution in [2.75, 3.05) is 26.9 Å². The minimum atomic E-state index is 0.387. The number of unbranched alkanes of at least 4 members (excludes halogenated alkanes) is 1. The van der Waals surface area contributed by atoms with Crippen molar-refractivity contribution in [1.82, 2.24) is 0 Å². The number of methoxy groups -OCH3 is 1. The first-order valence-electron chi connectivity index (χ1n) is 5.77. The van der Waals surface area contributed by atoms with Crippen molar-refractivity contribution in [2.45, 2.75) is 12.8 Å². The van der Waals surface area contributed by atoms with Crippen molar-refractivity contribution in [1.29, 1.82) is 0 Å². The number of hydrogen-bond acceptors (Lipinski definition) is 3. The van der Waals surface area contributed by atoms with Crippen LogP contribution >= 0.6 is 0 Å². The number of hydrogen-bond donors (Lipinski definition) is 1. The zero-order chi connectivity index (χ0) is 12.3. The summed E-state index contributed by atoms with van der Waals surface area (Å²) < 4.78 is 10.5. The van der Waals surface area contributed by atoms with Crippen LogP contribution in [0, 0.1) is 11.8 Å². The number of ether oxygens (including phenoxy) is 2. The first-order chi connectivity index (χ1) is 8.36. The predicted molar refractivity (Wildman–Crippen MR) is 69.0 cm³/mol. The van der Waals surface area contributed by atoms with Crippen LogP contribution in [0.3, 0.4) is 0 Å². The number of rotatable bonds is 6. The zero-order valence-electron chi connectivity index (χ0n) is 10.2. The van der Waals surface area contributed by atoms with Gasteiger partial charge in [-0.3, -0.25) is 0 Å². The second kappa shape index (κ2) is 8.63. The van der Waals surface area contributed by atoms with E-state index in [1.54, 1.807) is 7.11 Å². The van der Waals surface area contributed by atoms with E-state index in [9.17, 15) is 0 Å². The van der Waals surface area contributed by atoms with Gasteiger partial charge in [0.05, 0.1) is 13.2 Å². The Morgan fingerprint density at radius 1 is 1.12 bits per heavy atom. The molecule has 17 heavy (non-hydrogen) atoms. The highest BCUT2D eigenvalue weighted by molar-refractivity contribution is 5.38. The second-order valence-electron chi connectivity index (χ2n) is 3.58. The topological polar surface area (TPSA) is 44.5 Å². The van der Waals surface area contributed by atoms with Gasteiger partial charge in [-0.1, -0.05) is 11.8 Å². The molecule has 0 fully saturated rings. The van der Waals surface area contributed by atoms with Gasteiger partial charge in [0.25, 0.3) is 0 Å². The fraction of sp³-hybridized carbons (Fsp3) is 0.429. The minimum absolute atomic E-state index is 0.387. The maximum Gasteiger partial charge on any atom is 0.119 e. The summed E-state index contributed by atoms with van der Waals surface area (Å²) in [6, 6.07) is 7.73. The highest BCUT2D eigenvalue weighted by Gasteiger charge is 1.94. The van der Waals surface area contributed by atoms with Crippen molar-refractivity contribution in [3.8, 4) is 17.6 Å². The molecule has 1 rings (SSSR count). The van der Waals surface area contributed by atoms with Gasteiger partial charge in [0.15, 0.2) is 0 Å². The van der Waals surface area contributed by atoms with Crippen LogP contribution in [0.1, 0.15) is 18.4 Å².